The maximum atomic E-state index is 13.9. The maximum Gasteiger partial charge on any atom is 0.246 e. The Balaban J connectivity index is 1.49. The Kier molecular flexibility index (Phi) is 12.1. The number of aryl methyl sites for hydroxylation is 1. The highest BCUT2D eigenvalue weighted by Crippen LogP contribution is 2.26. The summed E-state index contributed by atoms with van der Waals surface area (Å²) in [5.41, 5.74) is 9.45. The lowest BCUT2D eigenvalue weighted by Gasteiger charge is -2.37. The van der Waals surface area contributed by atoms with Gasteiger partial charge in [-0.2, -0.15) is 0 Å². The molecule has 3 amide bonds. The molecule has 4 rings (SSSR count). The van der Waals surface area contributed by atoms with Gasteiger partial charge >= 0.3 is 0 Å². The first-order valence-corrected chi connectivity index (χ1v) is 15.8. The second-order valence-corrected chi connectivity index (χ2v) is 11.6. The van der Waals surface area contributed by atoms with Crippen LogP contribution in [-0.2, 0) is 27.3 Å². The highest BCUT2D eigenvalue weighted by atomic mass is 35.5. The minimum absolute atomic E-state index is 0.00841. The number of amides is 3. The second kappa shape index (κ2) is 16.2. The molecule has 0 saturated carbocycles. The molecule has 0 aliphatic carbocycles. The number of ether oxygens (including phenoxy) is 1. The first-order valence-electron chi connectivity index (χ1n) is 15.4. The van der Waals surface area contributed by atoms with Gasteiger partial charge in [-0.1, -0.05) is 48.0 Å². The van der Waals surface area contributed by atoms with Crippen molar-refractivity contribution in [1.82, 2.24) is 10.2 Å². The average molecular weight is 633 g/mol. The minimum atomic E-state index is -0.841. The van der Waals surface area contributed by atoms with Crippen molar-refractivity contribution in [2.45, 2.75) is 71.0 Å². The predicted molar refractivity (Wildman–Crippen MR) is 175 cm³/mol. The van der Waals surface area contributed by atoms with Gasteiger partial charge in [0.1, 0.15) is 17.8 Å². The molecule has 45 heavy (non-hydrogen) atoms. The SMILES string of the molecule is CCOc1cccc(C(=O)CCC(=O)N2Cc3ccccc3C[C@H]2C(=O)N[C@@H](CCCCN)C(=O)Nc2ccc(Cl)c(C)c2)c1. The molecule has 1 aliphatic rings. The van der Waals surface area contributed by atoms with Gasteiger partial charge in [0.05, 0.1) is 6.61 Å². The van der Waals surface area contributed by atoms with Gasteiger partial charge in [-0.05, 0) is 86.7 Å². The van der Waals surface area contributed by atoms with Crippen molar-refractivity contribution >= 4 is 40.8 Å². The van der Waals surface area contributed by atoms with Crippen molar-refractivity contribution in [2.24, 2.45) is 5.73 Å². The number of carbonyl (C=O) groups is 4. The molecule has 0 bridgehead atoms. The van der Waals surface area contributed by atoms with Gasteiger partial charge in [0.25, 0.3) is 0 Å². The molecule has 238 valence electrons. The molecular formula is C35H41ClN4O5. The average Bonchev–Trinajstić information content (AvgIpc) is 3.04. The number of ketones is 1. The van der Waals surface area contributed by atoms with E-state index in [4.69, 9.17) is 22.1 Å². The zero-order valence-corrected chi connectivity index (χ0v) is 26.6. The smallest absolute Gasteiger partial charge is 0.246 e. The third-order valence-electron chi connectivity index (χ3n) is 7.91. The van der Waals surface area contributed by atoms with Crippen molar-refractivity contribution in [2.75, 3.05) is 18.5 Å². The first kappa shape index (κ1) is 33.7. The number of carbonyl (C=O) groups excluding carboxylic acids is 4. The normalized spacial score (nSPS) is 14.7. The largest absolute Gasteiger partial charge is 0.494 e. The number of fused-ring (bicyclic) bond motifs is 1. The Morgan fingerprint density at radius 3 is 2.51 bits per heavy atom. The van der Waals surface area contributed by atoms with E-state index in [1.807, 2.05) is 38.1 Å². The Labute approximate surface area is 269 Å². The summed E-state index contributed by atoms with van der Waals surface area (Å²) in [5, 5.41) is 6.40. The fourth-order valence-electron chi connectivity index (χ4n) is 5.44. The van der Waals surface area contributed by atoms with E-state index in [1.54, 1.807) is 42.5 Å². The zero-order valence-electron chi connectivity index (χ0n) is 25.8. The molecule has 10 heteroatoms. The quantitative estimate of drug-likeness (QED) is 0.165. The number of anilines is 1. The van der Waals surface area contributed by atoms with Gasteiger partial charge in [-0.25, -0.2) is 0 Å². The maximum absolute atomic E-state index is 13.9. The molecule has 0 radical (unpaired) electrons. The summed E-state index contributed by atoms with van der Waals surface area (Å²) in [6.07, 6.45) is 1.95. The molecular weight excluding hydrogens is 592 g/mol. The summed E-state index contributed by atoms with van der Waals surface area (Å²) in [6.45, 7) is 4.89. The molecule has 3 aromatic carbocycles. The third kappa shape index (κ3) is 9.15. The number of unbranched alkanes of at least 4 members (excludes halogenated alkanes) is 1. The van der Waals surface area contributed by atoms with E-state index in [2.05, 4.69) is 10.6 Å². The molecule has 1 heterocycles. The van der Waals surface area contributed by atoms with Gasteiger partial charge in [-0.15, -0.1) is 0 Å². The van der Waals surface area contributed by atoms with Crippen LogP contribution in [0.1, 0.15) is 66.1 Å². The highest BCUT2D eigenvalue weighted by Gasteiger charge is 2.36. The van der Waals surface area contributed by atoms with E-state index >= 15 is 0 Å². The zero-order chi connectivity index (χ0) is 32.3. The van der Waals surface area contributed by atoms with Gasteiger partial charge in [0.2, 0.25) is 17.7 Å². The summed E-state index contributed by atoms with van der Waals surface area (Å²) < 4.78 is 5.50. The molecule has 3 aromatic rings. The first-order chi connectivity index (χ1) is 21.7. The fraction of sp³-hybridized carbons (Fsp3) is 0.371. The summed E-state index contributed by atoms with van der Waals surface area (Å²) in [7, 11) is 0. The number of nitrogens with two attached hydrogens (primary N) is 1. The minimum Gasteiger partial charge on any atom is -0.494 e. The molecule has 4 N–H and O–H groups in total. The van der Waals surface area contributed by atoms with Crippen molar-refractivity contribution in [1.29, 1.82) is 0 Å². The van der Waals surface area contributed by atoms with Crippen LogP contribution in [0.15, 0.2) is 66.7 Å². The van der Waals surface area contributed by atoms with Gasteiger partial charge in [0, 0.05) is 42.1 Å². The van der Waals surface area contributed by atoms with Crippen LogP contribution in [-0.4, -0.2) is 53.6 Å². The van der Waals surface area contributed by atoms with Crippen LogP contribution in [0, 0.1) is 6.92 Å². The van der Waals surface area contributed by atoms with E-state index in [-0.39, 0.29) is 37.0 Å². The third-order valence-corrected chi connectivity index (χ3v) is 8.33. The molecule has 0 aromatic heterocycles. The van der Waals surface area contributed by atoms with E-state index in [9.17, 15) is 19.2 Å². The van der Waals surface area contributed by atoms with Crippen LogP contribution in [0.3, 0.4) is 0 Å². The summed E-state index contributed by atoms with van der Waals surface area (Å²) in [6, 6.07) is 18.1. The lowest BCUT2D eigenvalue weighted by Crippen LogP contribution is -2.56. The van der Waals surface area contributed by atoms with Crippen LogP contribution in [0.5, 0.6) is 5.75 Å². The number of hydrogen-bond donors (Lipinski definition) is 3. The molecule has 2 atom stereocenters. The van der Waals surface area contributed by atoms with E-state index < -0.39 is 18.0 Å². The fourth-order valence-corrected chi connectivity index (χ4v) is 5.55. The molecule has 0 saturated heterocycles. The Bertz CT molecular complexity index is 1530. The number of nitrogens with zero attached hydrogens (tertiary/aromatic N) is 1. The number of halogens is 1. The molecule has 0 fully saturated rings. The number of nitrogens with one attached hydrogen (secondary N) is 2. The molecule has 1 aliphatic heterocycles. The standard InChI is InChI=1S/C35H41ClN4O5/c1-3-45-28-12-8-11-25(20-28)32(41)16-17-33(42)40-22-26-10-5-4-9-24(26)21-31(40)35(44)39-30(13-6-7-18-37)34(43)38-27-14-15-29(36)23(2)19-27/h4-5,8-12,14-15,19-20,30-31H,3,6-7,13,16-18,21-22,37H2,1-2H3,(H,38,43)(H,39,44)/t30-,31-/m0/s1. The van der Waals surface area contributed by atoms with Gasteiger partial charge < -0.3 is 26.0 Å². The Morgan fingerprint density at radius 2 is 1.78 bits per heavy atom. The van der Waals surface area contributed by atoms with Crippen molar-refractivity contribution in [3.05, 3.63) is 94.0 Å². The number of rotatable bonds is 14. The Morgan fingerprint density at radius 1 is 1.00 bits per heavy atom. The topological polar surface area (TPSA) is 131 Å². The second-order valence-electron chi connectivity index (χ2n) is 11.2. The van der Waals surface area contributed by atoms with Crippen LogP contribution >= 0.6 is 11.6 Å². The summed E-state index contributed by atoms with van der Waals surface area (Å²) in [4.78, 5) is 55.4. The Hall–Kier alpha value is -4.21. The number of benzene rings is 3. The van der Waals surface area contributed by atoms with Crippen LogP contribution < -0.4 is 21.1 Å². The van der Waals surface area contributed by atoms with Crippen molar-refractivity contribution < 1.29 is 23.9 Å². The highest BCUT2D eigenvalue weighted by molar-refractivity contribution is 6.31. The predicted octanol–water partition coefficient (Wildman–Crippen LogP) is 5.22. The summed E-state index contributed by atoms with van der Waals surface area (Å²) in [5.74, 6) is -0.683. The van der Waals surface area contributed by atoms with Crippen LogP contribution in [0.4, 0.5) is 5.69 Å². The lowest BCUT2D eigenvalue weighted by atomic mass is 9.92. The molecule has 9 nitrogen and oxygen atoms in total. The van der Waals surface area contributed by atoms with Crippen LogP contribution in [0.2, 0.25) is 5.02 Å². The lowest BCUT2D eigenvalue weighted by molar-refractivity contribution is -0.142. The van der Waals surface area contributed by atoms with Crippen molar-refractivity contribution in [3.8, 4) is 5.75 Å². The van der Waals surface area contributed by atoms with Gasteiger partial charge in [0.15, 0.2) is 5.78 Å². The van der Waals surface area contributed by atoms with Crippen molar-refractivity contribution in [3.63, 3.8) is 0 Å². The van der Waals surface area contributed by atoms with E-state index in [0.29, 0.717) is 60.9 Å². The van der Waals surface area contributed by atoms with Gasteiger partial charge in [-0.3, -0.25) is 19.2 Å². The van der Waals surface area contributed by atoms with Crippen LogP contribution in [0.25, 0.3) is 0 Å². The number of hydrogen-bond acceptors (Lipinski definition) is 6. The monoisotopic (exact) mass is 632 g/mol. The number of Topliss-reactive ketones (excluding diaryl/α,β-unsaturated/α-hetero) is 1. The summed E-state index contributed by atoms with van der Waals surface area (Å²) >= 11 is 6.15. The molecule has 0 unspecified atom stereocenters. The van der Waals surface area contributed by atoms with E-state index in [0.717, 1.165) is 16.7 Å². The molecule has 0 spiro atoms. The van der Waals surface area contributed by atoms with E-state index in [1.165, 1.54) is 4.90 Å².